The summed E-state index contributed by atoms with van der Waals surface area (Å²) < 4.78 is 10.6. The van der Waals surface area contributed by atoms with Crippen LogP contribution in [-0.2, 0) is 9.47 Å². The van der Waals surface area contributed by atoms with Crippen molar-refractivity contribution < 1.29 is 9.47 Å². The Balaban J connectivity index is 3.98. The standard InChI is InChI=1S/C9H19NO2/c1-5-11-9(12-6-2)8(10)7(3)4/h8-9H,3,5-6,10H2,1-2,4H3. The summed E-state index contributed by atoms with van der Waals surface area (Å²) in [6.45, 7) is 10.7. The summed E-state index contributed by atoms with van der Waals surface area (Å²) >= 11 is 0. The zero-order chi connectivity index (χ0) is 9.56. The lowest BCUT2D eigenvalue weighted by molar-refractivity contribution is -0.142. The summed E-state index contributed by atoms with van der Waals surface area (Å²) in [5.74, 6) is 0. The van der Waals surface area contributed by atoms with Crippen LogP contribution >= 0.6 is 0 Å². The highest BCUT2D eigenvalue weighted by Crippen LogP contribution is 2.06. The molecule has 0 saturated carbocycles. The van der Waals surface area contributed by atoms with Gasteiger partial charge in [0.05, 0.1) is 6.04 Å². The highest BCUT2D eigenvalue weighted by Gasteiger charge is 2.18. The SMILES string of the molecule is C=C(C)C(N)C(OCC)OCC. The van der Waals surface area contributed by atoms with Crippen LogP contribution in [0, 0.1) is 0 Å². The van der Waals surface area contributed by atoms with E-state index >= 15 is 0 Å². The molecule has 0 spiro atoms. The minimum atomic E-state index is -0.350. The third kappa shape index (κ3) is 3.85. The molecule has 1 unspecified atom stereocenters. The van der Waals surface area contributed by atoms with Crippen LogP contribution in [0.5, 0.6) is 0 Å². The zero-order valence-corrected chi connectivity index (χ0v) is 8.17. The van der Waals surface area contributed by atoms with Crippen molar-refractivity contribution >= 4 is 0 Å². The van der Waals surface area contributed by atoms with Gasteiger partial charge in [-0.3, -0.25) is 0 Å². The Hall–Kier alpha value is -0.380. The van der Waals surface area contributed by atoms with Gasteiger partial charge in [-0.15, -0.1) is 0 Å². The van der Waals surface area contributed by atoms with Crippen LogP contribution in [0.1, 0.15) is 20.8 Å². The number of rotatable bonds is 6. The van der Waals surface area contributed by atoms with E-state index < -0.39 is 0 Å². The van der Waals surface area contributed by atoms with Gasteiger partial charge in [-0.1, -0.05) is 12.2 Å². The van der Waals surface area contributed by atoms with Gasteiger partial charge in [-0.2, -0.15) is 0 Å². The largest absolute Gasteiger partial charge is 0.351 e. The van der Waals surface area contributed by atoms with Crippen LogP contribution in [0.2, 0.25) is 0 Å². The smallest absolute Gasteiger partial charge is 0.176 e. The molecule has 0 saturated heterocycles. The molecule has 0 aromatic carbocycles. The van der Waals surface area contributed by atoms with E-state index in [1.54, 1.807) is 0 Å². The number of ether oxygens (including phenoxy) is 2. The van der Waals surface area contributed by atoms with Crippen molar-refractivity contribution in [3.8, 4) is 0 Å². The first-order valence-electron chi connectivity index (χ1n) is 4.27. The van der Waals surface area contributed by atoms with Gasteiger partial charge in [0, 0.05) is 13.2 Å². The maximum atomic E-state index is 5.78. The molecule has 0 heterocycles. The predicted octanol–water partition coefficient (Wildman–Crippen LogP) is 1.29. The van der Waals surface area contributed by atoms with Crippen molar-refractivity contribution in [2.24, 2.45) is 5.73 Å². The zero-order valence-electron chi connectivity index (χ0n) is 8.17. The molecule has 1 atom stereocenters. The van der Waals surface area contributed by atoms with E-state index in [0.29, 0.717) is 13.2 Å². The van der Waals surface area contributed by atoms with E-state index in [2.05, 4.69) is 6.58 Å². The molecular formula is C9H19NO2. The van der Waals surface area contributed by atoms with Crippen LogP contribution in [0.25, 0.3) is 0 Å². The lowest BCUT2D eigenvalue weighted by Crippen LogP contribution is -2.39. The second-order valence-corrected chi connectivity index (χ2v) is 2.65. The molecule has 0 bridgehead atoms. The van der Waals surface area contributed by atoms with Crippen LogP contribution < -0.4 is 5.73 Å². The molecule has 72 valence electrons. The lowest BCUT2D eigenvalue weighted by atomic mass is 10.1. The number of hydrogen-bond acceptors (Lipinski definition) is 3. The third-order valence-electron chi connectivity index (χ3n) is 1.52. The summed E-state index contributed by atoms with van der Waals surface area (Å²) in [5, 5.41) is 0. The van der Waals surface area contributed by atoms with E-state index in [4.69, 9.17) is 15.2 Å². The maximum Gasteiger partial charge on any atom is 0.176 e. The van der Waals surface area contributed by atoms with Crippen molar-refractivity contribution in [1.82, 2.24) is 0 Å². The van der Waals surface area contributed by atoms with Gasteiger partial charge >= 0.3 is 0 Å². The van der Waals surface area contributed by atoms with Crippen molar-refractivity contribution in [1.29, 1.82) is 0 Å². The molecule has 0 rings (SSSR count). The molecule has 0 aliphatic carbocycles. The van der Waals surface area contributed by atoms with Crippen molar-refractivity contribution in [2.75, 3.05) is 13.2 Å². The van der Waals surface area contributed by atoms with Gasteiger partial charge in [-0.05, 0) is 20.8 Å². The topological polar surface area (TPSA) is 44.5 Å². The first-order valence-corrected chi connectivity index (χ1v) is 4.27. The van der Waals surface area contributed by atoms with Gasteiger partial charge in [0.2, 0.25) is 0 Å². The van der Waals surface area contributed by atoms with Gasteiger partial charge in [0.1, 0.15) is 0 Å². The van der Waals surface area contributed by atoms with Crippen LogP contribution in [0.3, 0.4) is 0 Å². The average molecular weight is 173 g/mol. The lowest BCUT2D eigenvalue weighted by Gasteiger charge is -2.23. The van der Waals surface area contributed by atoms with Crippen LogP contribution in [-0.4, -0.2) is 25.5 Å². The Bertz CT molecular complexity index is 130. The minimum absolute atomic E-state index is 0.232. The molecule has 0 radical (unpaired) electrons. The normalized spacial score (nSPS) is 13.4. The number of nitrogens with two attached hydrogens (primary N) is 1. The molecular weight excluding hydrogens is 154 g/mol. The van der Waals surface area contributed by atoms with E-state index in [-0.39, 0.29) is 12.3 Å². The second-order valence-electron chi connectivity index (χ2n) is 2.65. The highest BCUT2D eigenvalue weighted by atomic mass is 16.7. The van der Waals surface area contributed by atoms with E-state index in [1.165, 1.54) is 0 Å². The molecule has 0 aromatic heterocycles. The fourth-order valence-corrected chi connectivity index (χ4v) is 0.816. The van der Waals surface area contributed by atoms with E-state index in [0.717, 1.165) is 5.57 Å². The van der Waals surface area contributed by atoms with Gasteiger partial charge in [0.15, 0.2) is 6.29 Å². The van der Waals surface area contributed by atoms with Crippen LogP contribution in [0.4, 0.5) is 0 Å². The first-order chi connectivity index (χ1) is 5.63. The summed E-state index contributed by atoms with van der Waals surface area (Å²) in [6.07, 6.45) is -0.350. The van der Waals surface area contributed by atoms with Crippen LogP contribution in [0.15, 0.2) is 12.2 Å². The highest BCUT2D eigenvalue weighted by molar-refractivity contribution is 5.01. The Kier molecular flexibility index (Phi) is 5.98. The molecule has 3 nitrogen and oxygen atoms in total. The molecule has 12 heavy (non-hydrogen) atoms. The molecule has 0 aliphatic heterocycles. The molecule has 0 aromatic rings. The second kappa shape index (κ2) is 6.17. The monoisotopic (exact) mass is 173 g/mol. The molecule has 0 aliphatic rings. The first kappa shape index (κ1) is 11.6. The molecule has 0 amide bonds. The summed E-state index contributed by atoms with van der Waals surface area (Å²) in [6, 6.07) is -0.232. The summed E-state index contributed by atoms with van der Waals surface area (Å²) in [5.41, 5.74) is 6.66. The maximum absolute atomic E-state index is 5.78. The quantitative estimate of drug-likeness (QED) is 0.486. The van der Waals surface area contributed by atoms with Gasteiger partial charge in [-0.25, -0.2) is 0 Å². The fraction of sp³-hybridized carbons (Fsp3) is 0.778. The summed E-state index contributed by atoms with van der Waals surface area (Å²) in [7, 11) is 0. The minimum Gasteiger partial charge on any atom is -0.351 e. The average Bonchev–Trinajstić information content (AvgIpc) is 2.03. The van der Waals surface area contributed by atoms with Gasteiger partial charge in [0.25, 0.3) is 0 Å². The Morgan fingerprint density at radius 2 is 1.75 bits per heavy atom. The Labute approximate surface area is 74.5 Å². The van der Waals surface area contributed by atoms with Crippen molar-refractivity contribution in [3.63, 3.8) is 0 Å². The fourth-order valence-electron chi connectivity index (χ4n) is 0.816. The Morgan fingerprint density at radius 1 is 1.33 bits per heavy atom. The number of hydrogen-bond donors (Lipinski definition) is 1. The predicted molar refractivity (Wildman–Crippen MR) is 49.8 cm³/mol. The summed E-state index contributed by atoms with van der Waals surface area (Å²) in [4.78, 5) is 0. The van der Waals surface area contributed by atoms with Gasteiger partial charge < -0.3 is 15.2 Å². The molecule has 3 heteroatoms. The van der Waals surface area contributed by atoms with E-state index in [9.17, 15) is 0 Å². The third-order valence-corrected chi connectivity index (χ3v) is 1.52. The Morgan fingerprint density at radius 3 is 2.00 bits per heavy atom. The van der Waals surface area contributed by atoms with E-state index in [1.807, 2.05) is 20.8 Å². The van der Waals surface area contributed by atoms with Crippen molar-refractivity contribution in [2.45, 2.75) is 33.1 Å². The molecule has 0 fully saturated rings. The van der Waals surface area contributed by atoms with Crippen molar-refractivity contribution in [3.05, 3.63) is 12.2 Å². The molecule has 2 N–H and O–H groups in total.